The van der Waals surface area contributed by atoms with Crippen LogP contribution < -0.4 is 14.8 Å². The third-order valence-electron chi connectivity index (χ3n) is 4.81. The zero-order valence-corrected chi connectivity index (χ0v) is 15.9. The van der Waals surface area contributed by atoms with E-state index in [1.807, 2.05) is 12.1 Å². The minimum atomic E-state index is 0.293. The zero-order chi connectivity index (χ0) is 18.2. The highest BCUT2D eigenvalue weighted by Gasteiger charge is 2.25. The summed E-state index contributed by atoms with van der Waals surface area (Å²) in [6, 6.07) is 10.5. The van der Waals surface area contributed by atoms with Gasteiger partial charge in [-0.25, -0.2) is 0 Å². The van der Waals surface area contributed by atoms with Crippen molar-refractivity contribution in [2.75, 3.05) is 33.4 Å². The van der Waals surface area contributed by atoms with Gasteiger partial charge in [-0.3, -0.25) is 4.90 Å². The molecule has 5 heteroatoms. The molecule has 2 aromatic rings. The topological polar surface area (TPSA) is 46.9 Å². The van der Waals surface area contributed by atoms with Crippen molar-refractivity contribution in [1.29, 1.82) is 0 Å². The van der Waals surface area contributed by atoms with Crippen LogP contribution in [-0.2, 0) is 6.54 Å². The van der Waals surface area contributed by atoms with Crippen molar-refractivity contribution >= 4 is 0 Å². The van der Waals surface area contributed by atoms with Gasteiger partial charge in [-0.05, 0) is 62.2 Å². The summed E-state index contributed by atoms with van der Waals surface area (Å²) in [6.07, 6.45) is 5.28. The van der Waals surface area contributed by atoms with Crippen molar-refractivity contribution < 1.29 is 13.9 Å². The van der Waals surface area contributed by atoms with Crippen molar-refractivity contribution in [3.63, 3.8) is 0 Å². The van der Waals surface area contributed by atoms with Gasteiger partial charge in [0, 0.05) is 13.1 Å². The number of likely N-dealkylation sites (tertiary alicyclic amines) is 1. The predicted molar refractivity (Wildman–Crippen MR) is 103 cm³/mol. The molecule has 1 unspecified atom stereocenters. The Morgan fingerprint density at radius 2 is 2.04 bits per heavy atom. The van der Waals surface area contributed by atoms with Crippen molar-refractivity contribution in [2.24, 2.45) is 0 Å². The average molecular weight is 358 g/mol. The second-order valence-electron chi connectivity index (χ2n) is 6.74. The molecule has 1 aromatic carbocycles. The summed E-state index contributed by atoms with van der Waals surface area (Å²) < 4.78 is 16.9. The van der Waals surface area contributed by atoms with Gasteiger partial charge in [-0.2, -0.15) is 0 Å². The number of hydrogen-bond donors (Lipinski definition) is 1. The van der Waals surface area contributed by atoms with Gasteiger partial charge >= 0.3 is 0 Å². The molecular formula is C21H30N2O3. The minimum Gasteiger partial charge on any atom is -0.493 e. The smallest absolute Gasteiger partial charge is 0.161 e. The number of nitrogens with zero attached hydrogens (tertiary/aromatic N) is 1. The molecule has 1 N–H and O–H groups in total. The van der Waals surface area contributed by atoms with E-state index >= 15 is 0 Å². The number of methoxy groups -OCH3 is 1. The number of furan rings is 1. The van der Waals surface area contributed by atoms with Gasteiger partial charge in [0.25, 0.3) is 0 Å². The quantitative estimate of drug-likeness (QED) is 0.695. The minimum absolute atomic E-state index is 0.293. The van der Waals surface area contributed by atoms with Gasteiger partial charge in [0.15, 0.2) is 11.5 Å². The van der Waals surface area contributed by atoms with Crippen LogP contribution in [0, 0.1) is 0 Å². The van der Waals surface area contributed by atoms with Crippen LogP contribution in [0.2, 0.25) is 0 Å². The summed E-state index contributed by atoms with van der Waals surface area (Å²) in [5.41, 5.74) is 1.19. The molecule has 1 saturated heterocycles. The number of nitrogens with one attached hydrogen (secondary N) is 1. The fourth-order valence-corrected chi connectivity index (χ4v) is 3.45. The lowest BCUT2D eigenvalue weighted by Gasteiger charge is -2.26. The van der Waals surface area contributed by atoms with E-state index in [1.54, 1.807) is 13.4 Å². The number of benzene rings is 1. The lowest BCUT2D eigenvalue weighted by molar-refractivity contribution is 0.209. The number of ether oxygens (including phenoxy) is 2. The molecule has 1 aliphatic rings. The van der Waals surface area contributed by atoms with Crippen LogP contribution in [0.1, 0.15) is 43.6 Å². The third kappa shape index (κ3) is 4.80. The maximum absolute atomic E-state index is 5.81. The second-order valence-corrected chi connectivity index (χ2v) is 6.74. The van der Waals surface area contributed by atoms with Gasteiger partial charge < -0.3 is 19.2 Å². The fourth-order valence-electron chi connectivity index (χ4n) is 3.45. The molecule has 0 aliphatic carbocycles. The summed E-state index contributed by atoms with van der Waals surface area (Å²) in [5, 5.41) is 3.59. The molecule has 3 rings (SSSR count). The van der Waals surface area contributed by atoms with Crippen LogP contribution in [0.15, 0.2) is 41.0 Å². The zero-order valence-electron chi connectivity index (χ0n) is 15.9. The molecule has 0 spiro atoms. The SMILES string of the molecule is CCCOc1cc(CNCC(c2ccco2)N2CCCC2)ccc1OC. The third-order valence-corrected chi connectivity index (χ3v) is 4.81. The van der Waals surface area contributed by atoms with Crippen LogP contribution in [-0.4, -0.2) is 38.3 Å². The molecular weight excluding hydrogens is 328 g/mol. The van der Waals surface area contributed by atoms with Gasteiger partial charge in [-0.15, -0.1) is 0 Å². The van der Waals surface area contributed by atoms with E-state index in [4.69, 9.17) is 13.9 Å². The van der Waals surface area contributed by atoms with E-state index in [0.717, 1.165) is 49.9 Å². The molecule has 0 bridgehead atoms. The Morgan fingerprint density at radius 1 is 1.19 bits per heavy atom. The lowest BCUT2D eigenvalue weighted by atomic mass is 10.1. The maximum Gasteiger partial charge on any atom is 0.161 e. The van der Waals surface area contributed by atoms with Crippen LogP contribution >= 0.6 is 0 Å². The summed E-state index contributed by atoms with van der Waals surface area (Å²) >= 11 is 0. The largest absolute Gasteiger partial charge is 0.493 e. The van der Waals surface area contributed by atoms with Crippen molar-refractivity contribution in [2.45, 2.75) is 38.8 Å². The maximum atomic E-state index is 5.81. The van der Waals surface area contributed by atoms with Crippen molar-refractivity contribution in [1.82, 2.24) is 10.2 Å². The molecule has 0 amide bonds. The van der Waals surface area contributed by atoms with Crippen molar-refractivity contribution in [3.05, 3.63) is 47.9 Å². The molecule has 0 saturated carbocycles. The van der Waals surface area contributed by atoms with Gasteiger partial charge in [0.05, 0.1) is 26.0 Å². The van der Waals surface area contributed by atoms with Crippen LogP contribution in [0.5, 0.6) is 11.5 Å². The van der Waals surface area contributed by atoms with E-state index in [9.17, 15) is 0 Å². The highest BCUT2D eigenvalue weighted by atomic mass is 16.5. The first-order valence-electron chi connectivity index (χ1n) is 9.59. The summed E-state index contributed by atoms with van der Waals surface area (Å²) in [4.78, 5) is 2.51. The lowest BCUT2D eigenvalue weighted by Crippen LogP contribution is -2.33. The Morgan fingerprint density at radius 3 is 2.73 bits per heavy atom. The number of hydrogen-bond acceptors (Lipinski definition) is 5. The first-order valence-corrected chi connectivity index (χ1v) is 9.59. The van der Waals surface area contributed by atoms with E-state index < -0.39 is 0 Å². The molecule has 1 atom stereocenters. The monoisotopic (exact) mass is 358 g/mol. The van der Waals surface area contributed by atoms with E-state index in [2.05, 4.69) is 35.3 Å². The van der Waals surface area contributed by atoms with Gasteiger partial charge in [0.2, 0.25) is 0 Å². The van der Waals surface area contributed by atoms with E-state index in [1.165, 1.54) is 18.4 Å². The fraction of sp³-hybridized carbons (Fsp3) is 0.524. The Kier molecular flexibility index (Phi) is 6.97. The Bertz CT molecular complexity index is 651. The normalized spacial score (nSPS) is 15.9. The standard InChI is InChI=1S/C21H30N2O3/c1-3-12-25-21-14-17(8-9-20(21)24-2)15-22-16-18(19-7-6-13-26-19)23-10-4-5-11-23/h6-9,13-14,18,22H,3-5,10-12,15-16H2,1-2H3. The molecule has 1 aliphatic heterocycles. The second kappa shape index (κ2) is 9.64. The Balaban J connectivity index is 1.60. The molecule has 142 valence electrons. The molecule has 0 radical (unpaired) electrons. The summed E-state index contributed by atoms with van der Waals surface area (Å²) in [5.74, 6) is 2.64. The first-order chi connectivity index (χ1) is 12.8. The average Bonchev–Trinajstić information content (AvgIpc) is 3.37. The van der Waals surface area contributed by atoms with Gasteiger partial charge in [0.1, 0.15) is 5.76 Å². The van der Waals surface area contributed by atoms with Crippen molar-refractivity contribution in [3.8, 4) is 11.5 Å². The van der Waals surface area contributed by atoms with Crippen LogP contribution in [0.4, 0.5) is 0 Å². The molecule has 1 aromatic heterocycles. The van der Waals surface area contributed by atoms with E-state index in [0.29, 0.717) is 12.6 Å². The highest BCUT2D eigenvalue weighted by molar-refractivity contribution is 5.43. The van der Waals surface area contributed by atoms with E-state index in [-0.39, 0.29) is 0 Å². The summed E-state index contributed by atoms with van der Waals surface area (Å²) in [7, 11) is 1.68. The molecule has 5 nitrogen and oxygen atoms in total. The molecule has 26 heavy (non-hydrogen) atoms. The van der Waals surface area contributed by atoms with Crippen LogP contribution in [0.25, 0.3) is 0 Å². The Hall–Kier alpha value is -1.98. The number of rotatable bonds is 10. The predicted octanol–water partition coefficient (Wildman–Crippen LogP) is 4.00. The molecule has 1 fully saturated rings. The van der Waals surface area contributed by atoms with Crippen LogP contribution in [0.3, 0.4) is 0 Å². The summed E-state index contributed by atoms with van der Waals surface area (Å²) in [6.45, 7) is 6.74. The first kappa shape index (κ1) is 18.8. The molecule has 2 heterocycles. The highest BCUT2D eigenvalue weighted by Crippen LogP contribution is 2.29. The van der Waals surface area contributed by atoms with Gasteiger partial charge in [-0.1, -0.05) is 13.0 Å². The Labute approximate surface area is 156 Å².